The Morgan fingerprint density at radius 2 is 1.96 bits per heavy atom. The molecule has 0 spiro atoms. The van der Waals surface area contributed by atoms with Crippen molar-refractivity contribution in [3.05, 3.63) is 33.9 Å². The maximum absolute atomic E-state index is 12.2. The molecule has 0 unspecified atom stereocenters. The molecule has 8 heteroatoms. The van der Waals surface area contributed by atoms with Crippen molar-refractivity contribution in [2.24, 2.45) is 5.41 Å². The summed E-state index contributed by atoms with van der Waals surface area (Å²) in [4.78, 5) is 34.0. The summed E-state index contributed by atoms with van der Waals surface area (Å²) in [5, 5.41) is 22.9. The summed E-state index contributed by atoms with van der Waals surface area (Å²) in [6, 6.07) is 3.97. The third-order valence-electron chi connectivity index (χ3n) is 4.38. The van der Waals surface area contributed by atoms with Gasteiger partial charge < -0.3 is 16.2 Å². The van der Waals surface area contributed by atoms with Crippen LogP contribution in [-0.4, -0.2) is 28.5 Å². The zero-order valence-electron chi connectivity index (χ0n) is 12.6. The zero-order valence-corrected chi connectivity index (χ0v) is 12.6. The highest BCUT2D eigenvalue weighted by molar-refractivity contribution is 6.01. The number of nitrogens with zero attached hydrogens (tertiary/aromatic N) is 1. The molecule has 0 bridgehead atoms. The minimum atomic E-state index is -0.969. The number of benzene rings is 1. The SMILES string of the molecule is Nc1c(C(=O)NCC2(C(=O)O)CCCCC2)cccc1[N+](=O)[O-]. The second-order valence-electron chi connectivity index (χ2n) is 5.82. The Balaban J connectivity index is 2.14. The van der Waals surface area contributed by atoms with E-state index >= 15 is 0 Å². The third-order valence-corrected chi connectivity index (χ3v) is 4.38. The van der Waals surface area contributed by atoms with Crippen LogP contribution in [0.15, 0.2) is 18.2 Å². The topological polar surface area (TPSA) is 136 Å². The van der Waals surface area contributed by atoms with Crippen molar-refractivity contribution in [1.82, 2.24) is 5.32 Å². The maximum Gasteiger partial charge on any atom is 0.311 e. The summed E-state index contributed by atoms with van der Waals surface area (Å²) in [6.07, 6.45) is 3.61. The molecule has 0 saturated heterocycles. The summed E-state index contributed by atoms with van der Waals surface area (Å²) in [7, 11) is 0. The molecule has 2 rings (SSSR count). The number of nitro groups is 1. The third kappa shape index (κ3) is 3.41. The second kappa shape index (κ2) is 6.64. The predicted molar refractivity (Wildman–Crippen MR) is 83.0 cm³/mol. The quantitative estimate of drug-likeness (QED) is 0.431. The number of carboxylic acid groups (broad SMARTS) is 1. The second-order valence-corrected chi connectivity index (χ2v) is 5.82. The molecule has 1 aliphatic carbocycles. The average molecular weight is 321 g/mol. The molecule has 0 aromatic heterocycles. The molecule has 0 aliphatic heterocycles. The molecular formula is C15H19N3O5. The van der Waals surface area contributed by atoms with Crippen molar-refractivity contribution in [2.45, 2.75) is 32.1 Å². The monoisotopic (exact) mass is 321 g/mol. The average Bonchev–Trinajstić information content (AvgIpc) is 2.53. The van der Waals surface area contributed by atoms with Gasteiger partial charge in [0.25, 0.3) is 11.6 Å². The van der Waals surface area contributed by atoms with Crippen LogP contribution in [0.3, 0.4) is 0 Å². The number of carboxylic acids is 1. The fraction of sp³-hybridized carbons (Fsp3) is 0.467. The number of rotatable bonds is 5. The van der Waals surface area contributed by atoms with Crippen LogP contribution in [0.25, 0.3) is 0 Å². The van der Waals surface area contributed by atoms with Crippen molar-refractivity contribution in [2.75, 3.05) is 12.3 Å². The number of amides is 1. The highest BCUT2D eigenvalue weighted by Gasteiger charge is 2.40. The Morgan fingerprint density at radius 1 is 1.30 bits per heavy atom. The lowest BCUT2D eigenvalue weighted by Gasteiger charge is -2.33. The molecule has 1 aromatic carbocycles. The van der Waals surface area contributed by atoms with Crippen LogP contribution in [0.2, 0.25) is 0 Å². The van der Waals surface area contributed by atoms with E-state index in [0.717, 1.165) is 19.3 Å². The van der Waals surface area contributed by atoms with Gasteiger partial charge in [0.1, 0.15) is 5.69 Å². The highest BCUT2D eigenvalue weighted by Crippen LogP contribution is 2.36. The Labute approximate surface area is 132 Å². The van der Waals surface area contributed by atoms with Crippen molar-refractivity contribution in [3.63, 3.8) is 0 Å². The van der Waals surface area contributed by atoms with E-state index in [9.17, 15) is 24.8 Å². The zero-order chi connectivity index (χ0) is 17.0. The number of nitro benzene ring substituents is 1. The number of carbonyl (C=O) groups excluding carboxylic acids is 1. The molecule has 124 valence electrons. The summed E-state index contributed by atoms with van der Waals surface area (Å²) < 4.78 is 0. The number of carbonyl (C=O) groups is 2. The molecule has 0 heterocycles. The Morgan fingerprint density at radius 3 is 2.52 bits per heavy atom. The van der Waals surface area contributed by atoms with Gasteiger partial charge in [-0.2, -0.15) is 0 Å². The van der Waals surface area contributed by atoms with Crippen LogP contribution in [0.4, 0.5) is 11.4 Å². The van der Waals surface area contributed by atoms with E-state index in [4.69, 9.17) is 5.73 Å². The molecule has 0 atom stereocenters. The molecule has 1 saturated carbocycles. The normalized spacial score (nSPS) is 16.5. The Bertz CT molecular complexity index is 638. The molecule has 23 heavy (non-hydrogen) atoms. The predicted octanol–water partition coefficient (Wildman–Crippen LogP) is 1.94. The number of hydrogen-bond donors (Lipinski definition) is 3. The fourth-order valence-corrected chi connectivity index (χ4v) is 2.95. The summed E-state index contributed by atoms with van der Waals surface area (Å²) >= 11 is 0. The lowest BCUT2D eigenvalue weighted by atomic mass is 9.74. The van der Waals surface area contributed by atoms with Crippen molar-refractivity contribution in [1.29, 1.82) is 0 Å². The van der Waals surface area contributed by atoms with Crippen LogP contribution >= 0.6 is 0 Å². The molecule has 1 fully saturated rings. The van der Waals surface area contributed by atoms with Gasteiger partial charge in [-0.05, 0) is 18.9 Å². The minimum absolute atomic E-state index is 0.0106. The highest BCUT2D eigenvalue weighted by atomic mass is 16.6. The maximum atomic E-state index is 12.2. The van der Waals surface area contributed by atoms with E-state index in [1.807, 2.05) is 0 Å². The Kier molecular flexibility index (Phi) is 4.83. The van der Waals surface area contributed by atoms with E-state index in [-0.39, 0.29) is 23.5 Å². The first-order valence-corrected chi connectivity index (χ1v) is 7.42. The number of nitrogen functional groups attached to an aromatic ring is 1. The van der Waals surface area contributed by atoms with Crippen molar-refractivity contribution in [3.8, 4) is 0 Å². The van der Waals surface area contributed by atoms with Gasteiger partial charge in [-0.15, -0.1) is 0 Å². The van der Waals surface area contributed by atoms with Gasteiger partial charge in [0.05, 0.1) is 15.9 Å². The molecule has 4 N–H and O–H groups in total. The number of hydrogen-bond acceptors (Lipinski definition) is 5. The standard InChI is InChI=1S/C15H19N3O5/c16-12-10(5-4-6-11(12)18(22)23)13(19)17-9-15(14(20)21)7-2-1-3-8-15/h4-6H,1-3,7-9,16H2,(H,17,19)(H,20,21). The van der Waals surface area contributed by atoms with Gasteiger partial charge in [0.2, 0.25) is 0 Å². The van der Waals surface area contributed by atoms with E-state index < -0.39 is 22.2 Å². The number of nitrogens with two attached hydrogens (primary N) is 1. The van der Waals surface area contributed by atoms with E-state index in [1.54, 1.807) is 0 Å². The minimum Gasteiger partial charge on any atom is -0.481 e. The largest absolute Gasteiger partial charge is 0.481 e. The lowest BCUT2D eigenvalue weighted by molar-refractivity contribution is -0.383. The van der Waals surface area contributed by atoms with Gasteiger partial charge in [-0.25, -0.2) is 0 Å². The smallest absolute Gasteiger partial charge is 0.311 e. The summed E-state index contributed by atoms with van der Waals surface area (Å²) in [5.74, 6) is -1.53. The molecule has 0 radical (unpaired) electrons. The summed E-state index contributed by atoms with van der Waals surface area (Å²) in [6.45, 7) is -0.0106. The van der Waals surface area contributed by atoms with Gasteiger partial charge >= 0.3 is 5.97 Å². The molecule has 1 aromatic rings. The number of para-hydroxylation sites is 1. The first-order chi connectivity index (χ1) is 10.9. The van der Waals surface area contributed by atoms with Crippen molar-refractivity contribution < 1.29 is 19.6 Å². The molecule has 1 amide bonds. The fourth-order valence-electron chi connectivity index (χ4n) is 2.95. The van der Waals surface area contributed by atoms with Crippen molar-refractivity contribution >= 4 is 23.3 Å². The van der Waals surface area contributed by atoms with E-state index in [2.05, 4.69) is 5.32 Å². The van der Waals surface area contributed by atoms with Crippen LogP contribution in [0.1, 0.15) is 42.5 Å². The lowest BCUT2D eigenvalue weighted by Crippen LogP contribution is -2.44. The van der Waals surface area contributed by atoms with E-state index in [0.29, 0.717) is 12.8 Å². The van der Waals surface area contributed by atoms with Gasteiger partial charge in [-0.3, -0.25) is 19.7 Å². The first kappa shape index (κ1) is 16.7. The van der Waals surface area contributed by atoms with Gasteiger partial charge in [-0.1, -0.05) is 25.3 Å². The van der Waals surface area contributed by atoms with E-state index in [1.165, 1.54) is 18.2 Å². The first-order valence-electron chi connectivity index (χ1n) is 7.42. The molecule has 1 aliphatic rings. The number of aliphatic carboxylic acids is 1. The van der Waals surface area contributed by atoms with Crippen LogP contribution in [0.5, 0.6) is 0 Å². The van der Waals surface area contributed by atoms with Gasteiger partial charge in [0, 0.05) is 12.6 Å². The number of nitrogens with one attached hydrogen (secondary N) is 1. The summed E-state index contributed by atoms with van der Waals surface area (Å²) in [5.41, 5.74) is 4.12. The van der Waals surface area contributed by atoms with Gasteiger partial charge in [0.15, 0.2) is 0 Å². The van der Waals surface area contributed by atoms with Crippen LogP contribution < -0.4 is 11.1 Å². The van der Waals surface area contributed by atoms with Crippen LogP contribution in [0, 0.1) is 15.5 Å². The molecular weight excluding hydrogens is 302 g/mol. The molecule has 8 nitrogen and oxygen atoms in total. The van der Waals surface area contributed by atoms with Crippen LogP contribution in [-0.2, 0) is 4.79 Å². The Hall–Kier alpha value is -2.64. The number of anilines is 1.